The van der Waals surface area contributed by atoms with Gasteiger partial charge < -0.3 is 19.5 Å². The first-order valence-electron chi connectivity index (χ1n) is 9.65. The molecule has 2 fully saturated rings. The van der Waals surface area contributed by atoms with Crippen molar-refractivity contribution in [3.8, 4) is 11.5 Å². The van der Waals surface area contributed by atoms with Crippen LogP contribution in [0.25, 0.3) is 0 Å². The van der Waals surface area contributed by atoms with Crippen molar-refractivity contribution in [1.82, 2.24) is 4.90 Å². The molecule has 1 aromatic carbocycles. The molecular weight excluding hydrogens is 314 g/mol. The first-order valence-corrected chi connectivity index (χ1v) is 9.65. The Morgan fingerprint density at radius 2 is 2.04 bits per heavy atom. The maximum Gasteiger partial charge on any atom is 0.126 e. The number of fused-ring (bicyclic) bond motifs is 1. The highest BCUT2D eigenvalue weighted by Crippen LogP contribution is 2.53. The fourth-order valence-electron chi connectivity index (χ4n) is 5.21. The standard InChI is InChI=1S/C21H33NO3/c1-15-19(13-17(23)14-20(15)25-12-11-24-4)21-8-6-5-7-18(21)16(2)22(3)10-9-21/h13-14,16,18,23H,5-12H2,1-4H3. The van der Waals surface area contributed by atoms with Gasteiger partial charge >= 0.3 is 0 Å². The minimum atomic E-state index is 0.173. The monoisotopic (exact) mass is 347 g/mol. The lowest BCUT2D eigenvalue weighted by Crippen LogP contribution is -2.55. The summed E-state index contributed by atoms with van der Waals surface area (Å²) in [5, 5.41) is 10.4. The minimum Gasteiger partial charge on any atom is -0.508 e. The maximum absolute atomic E-state index is 10.4. The van der Waals surface area contributed by atoms with Gasteiger partial charge in [0.1, 0.15) is 18.1 Å². The molecule has 1 aromatic rings. The lowest BCUT2D eigenvalue weighted by atomic mass is 9.56. The smallest absolute Gasteiger partial charge is 0.126 e. The molecule has 140 valence electrons. The van der Waals surface area contributed by atoms with Gasteiger partial charge in [0.2, 0.25) is 0 Å². The lowest BCUT2D eigenvalue weighted by Gasteiger charge is -2.54. The number of likely N-dealkylation sites (tertiary alicyclic amines) is 1. The Morgan fingerprint density at radius 1 is 1.24 bits per heavy atom. The number of hydrogen-bond acceptors (Lipinski definition) is 4. The molecule has 0 amide bonds. The molecule has 3 atom stereocenters. The second kappa shape index (κ2) is 7.55. The first kappa shape index (κ1) is 18.5. The largest absolute Gasteiger partial charge is 0.508 e. The summed E-state index contributed by atoms with van der Waals surface area (Å²) in [5.41, 5.74) is 2.67. The van der Waals surface area contributed by atoms with Gasteiger partial charge in [0, 0.05) is 24.6 Å². The molecule has 1 heterocycles. The molecule has 1 saturated carbocycles. The van der Waals surface area contributed by atoms with Crippen LogP contribution in [-0.4, -0.2) is 50.0 Å². The summed E-state index contributed by atoms with van der Waals surface area (Å²) in [6, 6.07) is 4.34. The van der Waals surface area contributed by atoms with E-state index in [4.69, 9.17) is 9.47 Å². The predicted molar refractivity (Wildman–Crippen MR) is 101 cm³/mol. The highest BCUT2D eigenvalue weighted by atomic mass is 16.5. The van der Waals surface area contributed by atoms with Crippen LogP contribution in [0.2, 0.25) is 0 Å². The molecule has 3 rings (SSSR count). The fourth-order valence-corrected chi connectivity index (χ4v) is 5.21. The Labute approximate surface area is 152 Å². The van der Waals surface area contributed by atoms with Crippen LogP contribution in [0, 0.1) is 12.8 Å². The molecule has 0 bridgehead atoms. The van der Waals surface area contributed by atoms with E-state index in [1.807, 2.05) is 6.07 Å². The molecule has 4 heteroatoms. The van der Waals surface area contributed by atoms with E-state index in [1.165, 1.54) is 43.2 Å². The number of piperidine rings is 1. The van der Waals surface area contributed by atoms with Crippen LogP contribution in [0.3, 0.4) is 0 Å². The van der Waals surface area contributed by atoms with Crippen LogP contribution in [-0.2, 0) is 10.2 Å². The molecule has 0 radical (unpaired) electrons. The normalized spacial score (nSPS) is 30.1. The van der Waals surface area contributed by atoms with Crippen molar-refractivity contribution in [1.29, 1.82) is 0 Å². The fraction of sp³-hybridized carbons (Fsp3) is 0.714. The zero-order valence-electron chi connectivity index (χ0n) is 16.2. The number of aromatic hydroxyl groups is 1. The molecule has 0 aromatic heterocycles. The summed E-state index contributed by atoms with van der Waals surface area (Å²) in [6.45, 7) is 6.71. The summed E-state index contributed by atoms with van der Waals surface area (Å²) >= 11 is 0. The number of ether oxygens (including phenoxy) is 2. The molecule has 25 heavy (non-hydrogen) atoms. The molecule has 2 aliphatic rings. The number of phenolic OH excluding ortho intramolecular Hbond substituents is 1. The van der Waals surface area contributed by atoms with Crippen LogP contribution < -0.4 is 4.74 Å². The van der Waals surface area contributed by atoms with Gasteiger partial charge in [-0.05, 0) is 69.8 Å². The highest BCUT2D eigenvalue weighted by molar-refractivity contribution is 5.49. The Hall–Kier alpha value is -1.26. The van der Waals surface area contributed by atoms with Crippen LogP contribution in [0.4, 0.5) is 0 Å². The second-order valence-corrected chi connectivity index (χ2v) is 7.94. The van der Waals surface area contributed by atoms with Gasteiger partial charge in [0.05, 0.1) is 6.61 Å². The topological polar surface area (TPSA) is 41.9 Å². The summed E-state index contributed by atoms with van der Waals surface area (Å²) < 4.78 is 11.0. The maximum atomic E-state index is 10.4. The van der Waals surface area contributed by atoms with E-state index in [2.05, 4.69) is 25.8 Å². The quantitative estimate of drug-likeness (QED) is 0.821. The molecule has 4 nitrogen and oxygen atoms in total. The Kier molecular flexibility index (Phi) is 5.59. The summed E-state index contributed by atoms with van der Waals surface area (Å²) in [5.74, 6) is 1.77. The van der Waals surface area contributed by atoms with Gasteiger partial charge in [-0.3, -0.25) is 0 Å². The third kappa shape index (κ3) is 3.39. The molecule has 1 aliphatic carbocycles. The average molecular weight is 347 g/mol. The Morgan fingerprint density at radius 3 is 2.80 bits per heavy atom. The average Bonchev–Trinajstić information content (AvgIpc) is 2.61. The number of phenols is 1. The van der Waals surface area contributed by atoms with Crippen molar-refractivity contribution in [3.05, 3.63) is 23.3 Å². The number of methoxy groups -OCH3 is 1. The molecule has 3 unspecified atom stereocenters. The van der Waals surface area contributed by atoms with Crippen LogP contribution in [0.1, 0.15) is 50.2 Å². The third-order valence-electron chi connectivity index (χ3n) is 6.71. The van der Waals surface area contributed by atoms with Crippen molar-refractivity contribution in [2.45, 2.75) is 57.4 Å². The van der Waals surface area contributed by atoms with E-state index >= 15 is 0 Å². The number of hydrogen-bond donors (Lipinski definition) is 1. The van der Waals surface area contributed by atoms with Crippen molar-refractivity contribution in [3.63, 3.8) is 0 Å². The predicted octanol–water partition coefficient (Wildman–Crippen LogP) is 3.88. The summed E-state index contributed by atoms with van der Waals surface area (Å²) in [4.78, 5) is 2.50. The van der Waals surface area contributed by atoms with E-state index in [9.17, 15) is 5.11 Å². The van der Waals surface area contributed by atoms with Gasteiger partial charge in [0.15, 0.2) is 0 Å². The first-order chi connectivity index (χ1) is 12.0. The van der Waals surface area contributed by atoms with Gasteiger partial charge in [-0.2, -0.15) is 0 Å². The highest BCUT2D eigenvalue weighted by Gasteiger charge is 2.49. The lowest BCUT2D eigenvalue weighted by molar-refractivity contribution is 0.0223. The zero-order valence-corrected chi connectivity index (χ0v) is 16.2. The molecule has 1 saturated heterocycles. The molecule has 1 aliphatic heterocycles. The van der Waals surface area contributed by atoms with Crippen LogP contribution >= 0.6 is 0 Å². The zero-order chi connectivity index (χ0) is 18.0. The summed E-state index contributed by atoms with van der Waals surface area (Å²) in [7, 11) is 3.92. The van der Waals surface area contributed by atoms with E-state index in [-0.39, 0.29) is 5.41 Å². The minimum absolute atomic E-state index is 0.173. The molecule has 0 spiro atoms. The third-order valence-corrected chi connectivity index (χ3v) is 6.71. The van der Waals surface area contributed by atoms with E-state index in [0.717, 1.165) is 12.3 Å². The van der Waals surface area contributed by atoms with Crippen molar-refractivity contribution < 1.29 is 14.6 Å². The number of benzene rings is 1. The van der Waals surface area contributed by atoms with Crippen LogP contribution in [0.15, 0.2) is 12.1 Å². The number of nitrogens with zero attached hydrogens (tertiary/aromatic N) is 1. The van der Waals surface area contributed by atoms with Gasteiger partial charge in [-0.1, -0.05) is 12.8 Å². The van der Waals surface area contributed by atoms with Crippen LogP contribution in [0.5, 0.6) is 11.5 Å². The Bertz CT molecular complexity index is 603. The van der Waals surface area contributed by atoms with Crippen molar-refractivity contribution in [2.24, 2.45) is 5.92 Å². The van der Waals surface area contributed by atoms with Crippen molar-refractivity contribution in [2.75, 3.05) is 33.9 Å². The van der Waals surface area contributed by atoms with E-state index in [0.29, 0.717) is 30.9 Å². The van der Waals surface area contributed by atoms with E-state index < -0.39 is 0 Å². The van der Waals surface area contributed by atoms with Crippen molar-refractivity contribution >= 4 is 0 Å². The number of rotatable bonds is 5. The van der Waals surface area contributed by atoms with Gasteiger partial charge in [-0.25, -0.2) is 0 Å². The van der Waals surface area contributed by atoms with E-state index in [1.54, 1.807) is 13.2 Å². The Balaban J connectivity index is 2.00. The van der Waals surface area contributed by atoms with Gasteiger partial charge in [0.25, 0.3) is 0 Å². The summed E-state index contributed by atoms with van der Waals surface area (Å²) in [6.07, 6.45) is 6.26. The molecular formula is C21H33NO3. The second-order valence-electron chi connectivity index (χ2n) is 7.94. The van der Waals surface area contributed by atoms with Gasteiger partial charge in [-0.15, -0.1) is 0 Å². The molecule has 1 N–H and O–H groups in total. The SMILES string of the molecule is COCCOc1cc(O)cc(C23CCCCC2C(C)N(C)CC3)c1C.